The average molecular weight is 197 g/mol. The number of likely N-dealkylation sites (tertiary alicyclic amines) is 1. The molecule has 0 aromatic carbocycles. The molecule has 1 saturated heterocycles. The van der Waals surface area contributed by atoms with Gasteiger partial charge in [-0.15, -0.1) is 0 Å². The Kier molecular flexibility index (Phi) is 2.82. The van der Waals surface area contributed by atoms with Gasteiger partial charge >= 0.3 is 0 Å². The molecule has 1 saturated carbocycles. The zero-order valence-electron chi connectivity index (χ0n) is 9.50. The Morgan fingerprint density at radius 3 is 2.29 bits per heavy atom. The Bertz CT molecular complexity index is 191. The Morgan fingerprint density at radius 2 is 1.86 bits per heavy atom. The summed E-state index contributed by atoms with van der Waals surface area (Å²) in [6, 6.07) is 0.791. The van der Waals surface area contributed by atoms with E-state index in [-0.39, 0.29) is 5.54 Å². The van der Waals surface area contributed by atoms with Crippen molar-refractivity contribution in [3.8, 4) is 0 Å². The van der Waals surface area contributed by atoms with Gasteiger partial charge < -0.3 is 15.5 Å². The van der Waals surface area contributed by atoms with E-state index in [0.29, 0.717) is 0 Å². The molecule has 3 heteroatoms. The third-order valence-electron chi connectivity index (χ3n) is 3.72. The van der Waals surface area contributed by atoms with Crippen molar-refractivity contribution in [2.45, 2.75) is 37.3 Å². The zero-order chi connectivity index (χ0) is 10.2. The number of hydrogen-bond donors (Lipinski definition) is 1. The van der Waals surface area contributed by atoms with Crippen LogP contribution in [-0.2, 0) is 0 Å². The fourth-order valence-corrected chi connectivity index (χ4v) is 2.36. The van der Waals surface area contributed by atoms with Crippen molar-refractivity contribution in [1.29, 1.82) is 0 Å². The van der Waals surface area contributed by atoms with Crippen LogP contribution in [0.1, 0.15) is 25.7 Å². The quantitative estimate of drug-likeness (QED) is 0.715. The number of nitrogens with two attached hydrogens (primary N) is 1. The first-order valence-corrected chi connectivity index (χ1v) is 5.77. The second-order valence-corrected chi connectivity index (χ2v) is 5.33. The van der Waals surface area contributed by atoms with Crippen LogP contribution in [0.2, 0.25) is 0 Å². The van der Waals surface area contributed by atoms with Gasteiger partial charge in [-0.3, -0.25) is 0 Å². The normalized spacial score (nSPS) is 28.3. The molecule has 1 aliphatic carbocycles. The van der Waals surface area contributed by atoms with Crippen LogP contribution in [0.3, 0.4) is 0 Å². The van der Waals surface area contributed by atoms with Gasteiger partial charge in [0.1, 0.15) is 0 Å². The van der Waals surface area contributed by atoms with Gasteiger partial charge in [-0.1, -0.05) is 0 Å². The van der Waals surface area contributed by atoms with Crippen molar-refractivity contribution in [1.82, 2.24) is 9.80 Å². The van der Waals surface area contributed by atoms with Crippen LogP contribution in [0, 0.1) is 0 Å². The Hall–Kier alpha value is -0.120. The SMILES string of the molecule is CN(C)C1CCN(CC2(N)CC2)CC1. The number of rotatable bonds is 3. The molecule has 14 heavy (non-hydrogen) atoms. The molecule has 0 aromatic rings. The van der Waals surface area contributed by atoms with Crippen LogP contribution < -0.4 is 5.73 Å². The van der Waals surface area contributed by atoms with Crippen molar-refractivity contribution in [3.05, 3.63) is 0 Å². The highest BCUT2D eigenvalue weighted by molar-refractivity contribution is 5.01. The van der Waals surface area contributed by atoms with Gasteiger partial charge in [-0.2, -0.15) is 0 Å². The molecular formula is C11H23N3. The summed E-state index contributed by atoms with van der Waals surface area (Å²) in [5.74, 6) is 0. The predicted molar refractivity (Wildman–Crippen MR) is 59.3 cm³/mol. The van der Waals surface area contributed by atoms with Gasteiger partial charge in [0, 0.05) is 18.1 Å². The Balaban J connectivity index is 1.73. The van der Waals surface area contributed by atoms with Crippen LogP contribution in [-0.4, -0.2) is 55.1 Å². The molecule has 0 spiro atoms. The molecule has 0 radical (unpaired) electrons. The van der Waals surface area contributed by atoms with Gasteiger partial charge in [0.15, 0.2) is 0 Å². The van der Waals surface area contributed by atoms with Crippen LogP contribution in [0.4, 0.5) is 0 Å². The molecule has 82 valence electrons. The smallest absolute Gasteiger partial charge is 0.0284 e. The summed E-state index contributed by atoms with van der Waals surface area (Å²) >= 11 is 0. The second kappa shape index (κ2) is 3.80. The lowest BCUT2D eigenvalue weighted by atomic mass is 10.0. The summed E-state index contributed by atoms with van der Waals surface area (Å²) < 4.78 is 0. The maximum Gasteiger partial charge on any atom is 0.0284 e. The monoisotopic (exact) mass is 197 g/mol. The summed E-state index contributed by atoms with van der Waals surface area (Å²) in [4.78, 5) is 4.90. The van der Waals surface area contributed by atoms with Gasteiger partial charge in [0.2, 0.25) is 0 Å². The highest BCUT2D eigenvalue weighted by Gasteiger charge is 2.40. The van der Waals surface area contributed by atoms with Crippen molar-refractivity contribution in [2.24, 2.45) is 5.73 Å². The lowest BCUT2D eigenvalue weighted by Gasteiger charge is -2.36. The fourth-order valence-electron chi connectivity index (χ4n) is 2.36. The molecule has 0 bridgehead atoms. The van der Waals surface area contributed by atoms with E-state index in [1.807, 2.05) is 0 Å². The van der Waals surface area contributed by atoms with Crippen LogP contribution in [0.5, 0.6) is 0 Å². The molecule has 3 nitrogen and oxygen atoms in total. The number of piperidine rings is 1. The Labute approximate surface area is 87.2 Å². The van der Waals surface area contributed by atoms with Crippen molar-refractivity contribution in [3.63, 3.8) is 0 Å². The van der Waals surface area contributed by atoms with Crippen LogP contribution in [0.15, 0.2) is 0 Å². The Morgan fingerprint density at radius 1 is 1.29 bits per heavy atom. The first kappa shape index (κ1) is 10.4. The van der Waals surface area contributed by atoms with Crippen LogP contribution >= 0.6 is 0 Å². The fraction of sp³-hybridized carbons (Fsp3) is 1.00. The molecule has 0 unspecified atom stereocenters. The minimum Gasteiger partial charge on any atom is -0.324 e. The van der Waals surface area contributed by atoms with E-state index in [4.69, 9.17) is 5.73 Å². The second-order valence-electron chi connectivity index (χ2n) is 5.33. The first-order valence-electron chi connectivity index (χ1n) is 5.77. The molecule has 2 aliphatic rings. The molecule has 0 amide bonds. The molecule has 1 aliphatic heterocycles. The average Bonchev–Trinajstić information content (AvgIpc) is 2.84. The van der Waals surface area contributed by atoms with E-state index < -0.39 is 0 Å². The highest BCUT2D eigenvalue weighted by Crippen LogP contribution is 2.33. The summed E-state index contributed by atoms with van der Waals surface area (Å²) in [6.07, 6.45) is 5.09. The molecule has 2 rings (SSSR count). The van der Waals surface area contributed by atoms with E-state index in [9.17, 15) is 0 Å². The highest BCUT2D eigenvalue weighted by atomic mass is 15.2. The minimum atomic E-state index is 0.199. The molecule has 0 atom stereocenters. The first-order chi connectivity index (χ1) is 6.59. The lowest BCUT2D eigenvalue weighted by Crippen LogP contribution is -2.47. The van der Waals surface area contributed by atoms with Gasteiger partial charge in [0.05, 0.1) is 0 Å². The minimum absolute atomic E-state index is 0.199. The predicted octanol–water partition coefficient (Wildman–Crippen LogP) is 0.504. The molecule has 1 heterocycles. The van der Waals surface area contributed by atoms with Crippen molar-refractivity contribution >= 4 is 0 Å². The summed E-state index contributed by atoms with van der Waals surface area (Å²) in [7, 11) is 4.37. The lowest BCUT2D eigenvalue weighted by molar-refractivity contribution is 0.137. The van der Waals surface area contributed by atoms with E-state index >= 15 is 0 Å². The van der Waals surface area contributed by atoms with Crippen molar-refractivity contribution in [2.75, 3.05) is 33.7 Å². The van der Waals surface area contributed by atoms with Crippen LogP contribution in [0.25, 0.3) is 0 Å². The maximum atomic E-state index is 6.12. The number of nitrogens with zero attached hydrogens (tertiary/aromatic N) is 2. The molecule has 2 N–H and O–H groups in total. The summed E-state index contributed by atoms with van der Waals surface area (Å²) in [5, 5.41) is 0. The zero-order valence-corrected chi connectivity index (χ0v) is 9.50. The van der Waals surface area contributed by atoms with E-state index in [1.54, 1.807) is 0 Å². The van der Waals surface area contributed by atoms with E-state index in [0.717, 1.165) is 12.6 Å². The topological polar surface area (TPSA) is 32.5 Å². The third-order valence-corrected chi connectivity index (χ3v) is 3.72. The third kappa shape index (κ3) is 2.47. The largest absolute Gasteiger partial charge is 0.324 e. The van der Waals surface area contributed by atoms with Gasteiger partial charge in [0.25, 0.3) is 0 Å². The van der Waals surface area contributed by atoms with Crippen molar-refractivity contribution < 1.29 is 0 Å². The summed E-state index contributed by atoms with van der Waals surface area (Å²) in [6.45, 7) is 3.61. The standard InChI is InChI=1S/C11H23N3/c1-13(2)10-3-7-14(8-4-10)9-11(12)5-6-11/h10H,3-9,12H2,1-2H3. The summed E-state index contributed by atoms with van der Waals surface area (Å²) in [5.41, 5.74) is 6.32. The van der Waals surface area contributed by atoms with E-state index in [1.165, 1.54) is 38.8 Å². The van der Waals surface area contributed by atoms with Gasteiger partial charge in [-0.05, 0) is 52.9 Å². The van der Waals surface area contributed by atoms with E-state index in [2.05, 4.69) is 23.9 Å². The molecule has 2 fully saturated rings. The maximum absolute atomic E-state index is 6.12. The molecule has 0 aromatic heterocycles. The molecular weight excluding hydrogens is 174 g/mol. The number of hydrogen-bond acceptors (Lipinski definition) is 3. The van der Waals surface area contributed by atoms with Gasteiger partial charge in [-0.25, -0.2) is 0 Å².